The van der Waals surface area contributed by atoms with Gasteiger partial charge in [-0.3, -0.25) is 14.4 Å². The second kappa shape index (κ2) is 9.06. The Balaban J connectivity index is 2.00. The number of carbonyl (C=O) groups excluding carboxylic acids is 3. The predicted molar refractivity (Wildman–Crippen MR) is 116 cm³/mol. The Morgan fingerprint density at radius 2 is 1.97 bits per heavy atom. The quantitative estimate of drug-likeness (QED) is 0.445. The fourth-order valence-electron chi connectivity index (χ4n) is 6.12. The molecule has 3 aliphatic heterocycles. The molecule has 8 nitrogen and oxygen atoms in total. The summed E-state index contributed by atoms with van der Waals surface area (Å²) in [5, 5.41) is 15.9. The number of unbranched alkanes of at least 4 members (excludes halogenated alkanes) is 2. The minimum Gasteiger partial charge on any atom is -0.394 e. The first kappa shape index (κ1) is 24.0. The standard InChI is InChI=1S/C23H39N3O5/c1-6-7-8-11-25-20(29)18-23-10-9-22(4,31-23)16(19(28)24-5)17(23)21(30)26(18)15(13-27)12-14(2)3/h14-18,27H,6-13H2,1-5H3,(H,24,28)(H,25,29)/t15-,16+,17+,18?,22-,23?/m1/s1. The van der Waals surface area contributed by atoms with Crippen LogP contribution in [0.2, 0.25) is 0 Å². The number of carbonyl (C=O) groups is 3. The number of nitrogens with one attached hydrogen (secondary N) is 2. The van der Waals surface area contributed by atoms with E-state index in [0.29, 0.717) is 25.8 Å². The van der Waals surface area contributed by atoms with Crippen molar-refractivity contribution in [2.24, 2.45) is 17.8 Å². The second-order valence-corrected chi connectivity index (χ2v) is 10.1. The van der Waals surface area contributed by atoms with Crippen molar-refractivity contribution in [3.8, 4) is 0 Å². The van der Waals surface area contributed by atoms with E-state index in [1.54, 1.807) is 11.9 Å². The van der Waals surface area contributed by atoms with Crippen molar-refractivity contribution in [2.45, 2.75) is 89.5 Å². The molecule has 0 aromatic heterocycles. The average molecular weight is 438 g/mol. The first-order chi connectivity index (χ1) is 14.7. The zero-order valence-electron chi connectivity index (χ0n) is 19.6. The van der Waals surface area contributed by atoms with Gasteiger partial charge in [-0.2, -0.15) is 0 Å². The van der Waals surface area contributed by atoms with Gasteiger partial charge in [0.1, 0.15) is 11.6 Å². The maximum atomic E-state index is 13.8. The third kappa shape index (κ3) is 3.86. The molecular formula is C23H39N3O5. The van der Waals surface area contributed by atoms with E-state index in [9.17, 15) is 19.5 Å². The Kier molecular flexibility index (Phi) is 7.01. The molecule has 0 radical (unpaired) electrons. The Hall–Kier alpha value is -1.67. The van der Waals surface area contributed by atoms with Gasteiger partial charge in [0, 0.05) is 13.6 Å². The molecule has 1 spiro atoms. The highest BCUT2D eigenvalue weighted by Gasteiger charge is 2.78. The largest absolute Gasteiger partial charge is 0.394 e. The van der Waals surface area contributed by atoms with Gasteiger partial charge in [-0.1, -0.05) is 33.6 Å². The zero-order valence-corrected chi connectivity index (χ0v) is 19.6. The normalized spacial score (nSPS) is 34.9. The van der Waals surface area contributed by atoms with Crippen LogP contribution in [0.1, 0.15) is 66.2 Å². The van der Waals surface area contributed by atoms with Crippen LogP contribution in [0.4, 0.5) is 0 Å². The van der Waals surface area contributed by atoms with Crippen molar-refractivity contribution in [3.05, 3.63) is 0 Å². The van der Waals surface area contributed by atoms with Gasteiger partial charge in [0.25, 0.3) is 0 Å². The molecule has 3 aliphatic rings. The molecule has 2 unspecified atom stereocenters. The molecule has 2 bridgehead atoms. The Labute approximate surface area is 185 Å². The first-order valence-electron chi connectivity index (χ1n) is 11.8. The topological polar surface area (TPSA) is 108 Å². The fraction of sp³-hybridized carbons (Fsp3) is 0.870. The number of aliphatic hydroxyl groups excluding tert-OH is 1. The monoisotopic (exact) mass is 437 g/mol. The molecule has 0 saturated carbocycles. The molecule has 0 aromatic carbocycles. The molecule has 3 saturated heterocycles. The van der Waals surface area contributed by atoms with E-state index < -0.39 is 35.1 Å². The van der Waals surface area contributed by atoms with E-state index in [0.717, 1.165) is 19.3 Å². The number of rotatable bonds is 10. The number of hydrogen-bond donors (Lipinski definition) is 3. The van der Waals surface area contributed by atoms with Crippen LogP contribution in [-0.4, -0.2) is 71.2 Å². The van der Waals surface area contributed by atoms with Crippen LogP contribution in [0.15, 0.2) is 0 Å². The van der Waals surface area contributed by atoms with Crippen LogP contribution in [0.25, 0.3) is 0 Å². The van der Waals surface area contributed by atoms with E-state index in [-0.39, 0.29) is 30.2 Å². The lowest BCUT2D eigenvalue weighted by atomic mass is 9.66. The molecule has 3 rings (SSSR count). The summed E-state index contributed by atoms with van der Waals surface area (Å²) in [6, 6.07) is -1.32. The van der Waals surface area contributed by atoms with E-state index >= 15 is 0 Å². The van der Waals surface area contributed by atoms with Crippen LogP contribution < -0.4 is 10.6 Å². The molecule has 0 aliphatic carbocycles. The summed E-state index contributed by atoms with van der Waals surface area (Å²) in [5.41, 5.74) is -1.79. The van der Waals surface area contributed by atoms with Crippen LogP contribution in [0, 0.1) is 17.8 Å². The third-order valence-corrected chi connectivity index (χ3v) is 7.42. The molecule has 31 heavy (non-hydrogen) atoms. The summed E-state index contributed by atoms with van der Waals surface area (Å²) < 4.78 is 6.50. The van der Waals surface area contributed by atoms with Gasteiger partial charge in [-0.05, 0) is 38.5 Å². The van der Waals surface area contributed by atoms with Gasteiger partial charge in [0.2, 0.25) is 17.7 Å². The molecule has 0 aromatic rings. The highest BCUT2D eigenvalue weighted by atomic mass is 16.5. The predicted octanol–water partition coefficient (Wildman–Crippen LogP) is 1.21. The molecule has 3 heterocycles. The third-order valence-electron chi connectivity index (χ3n) is 7.42. The maximum absolute atomic E-state index is 13.8. The Morgan fingerprint density at radius 3 is 2.55 bits per heavy atom. The molecule has 8 heteroatoms. The summed E-state index contributed by atoms with van der Waals surface area (Å²) >= 11 is 0. The average Bonchev–Trinajstić information content (AvgIpc) is 3.29. The Bertz CT molecular complexity index is 713. The lowest BCUT2D eigenvalue weighted by molar-refractivity contribution is -0.150. The number of likely N-dealkylation sites (tertiary alicyclic amines) is 1. The van der Waals surface area contributed by atoms with Gasteiger partial charge in [-0.25, -0.2) is 0 Å². The second-order valence-electron chi connectivity index (χ2n) is 10.1. The lowest BCUT2D eigenvalue weighted by Crippen LogP contribution is -2.58. The van der Waals surface area contributed by atoms with Gasteiger partial charge in [0.15, 0.2) is 0 Å². The van der Waals surface area contributed by atoms with Crippen LogP contribution >= 0.6 is 0 Å². The summed E-state index contributed by atoms with van der Waals surface area (Å²) in [6.07, 6.45) is 4.68. The highest BCUT2D eigenvalue weighted by Crippen LogP contribution is 2.63. The number of aliphatic hydroxyl groups is 1. The van der Waals surface area contributed by atoms with Crippen LogP contribution in [0.3, 0.4) is 0 Å². The SMILES string of the molecule is CCCCCNC(=O)C1N([C@@H](CO)CC(C)C)C(=O)[C@@H]2[C@@H](C(=O)NC)[C@@]3(C)CCC12O3. The lowest BCUT2D eigenvalue weighted by Gasteiger charge is -2.37. The van der Waals surface area contributed by atoms with Gasteiger partial charge < -0.3 is 25.4 Å². The number of amides is 3. The number of ether oxygens (including phenoxy) is 1. The van der Waals surface area contributed by atoms with Gasteiger partial charge in [0.05, 0.1) is 30.1 Å². The smallest absolute Gasteiger partial charge is 0.245 e. The number of nitrogens with zero attached hydrogens (tertiary/aromatic N) is 1. The summed E-state index contributed by atoms with van der Waals surface area (Å²) in [6.45, 7) is 8.35. The van der Waals surface area contributed by atoms with Crippen molar-refractivity contribution in [3.63, 3.8) is 0 Å². The summed E-state index contributed by atoms with van der Waals surface area (Å²) in [5.74, 6) is -1.82. The Morgan fingerprint density at radius 1 is 1.26 bits per heavy atom. The summed E-state index contributed by atoms with van der Waals surface area (Å²) in [7, 11) is 1.56. The minimum absolute atomic E-state index is 0.226. The molecule has 6 atom stereocenters. The molecule has 3 N–H and O–H groups in total. The minimum atomic E-state index is -1.03. The fourth-order valence-corrected chi connectivity index (χ4v) is 6.12. The van der Waals surface area contributed by atoms with Crippen LogP contribution in [0.5, 0.6) is 0 Å². The van der Waals surface area contributed by atoms with Gasteiger partial charge >= 0.3 is 0 Å². The maximum Gasteiger partial charge on any atom is 0.245 e. The van der Waals surface area contributed by atoms with Gasteiger partial charge in [-0.15, -0.1) is 0 Å². The van der Waals surface area contributed by atoms with E-state index in [1.165, 1.54) is 0 Å². The molecular weight excluding hydrogens is 398 g/mol. The van der Waals surface area contributed by atoms with Crippen molar-refractivity contribution in [2.75, 3.05) is 20.2 Å². The zero-order chi connectivity index (χ0) is 23.0. The first-order valence-corrected chi connectivity index (χ1v) is 11.8. The van der Waals surface area contributed by atoms with Crippen molar-refractivity contribution in [1.82, 2.24) is 15.5 Å². The van der Waals surface area contributed by atoms with E-state index in [2.05, 4.69) is 17.6 Å². The molecule has 3 fully saturated rings. The van der Waals surface area contributed by atoms with E-state index in [1.807, 2.05) is 20.8 Å². The van der Waals surface area contributed by atoms with E-state index in [4.69, 9.17) is 4.74 Å². The van der Waals surface area contributed by atoms with Crippen molar-refractivity contribution >= 4 is 17.7 Å². The van der Waals surface area contributed by atoms with Crippen molar-refractivity contribution < 1.29 is 24.2 Å². The highest BCUT2D eigenvalue weighted by molar-refractivity contribution is 5.99. The van der Waals surface area contributed by atoms with Crippen LogP contribution in [-0.2, 0) is 19.1 Å². The summed E-state index contributed by atoms with van der Waals surface area (Å²) in [4.78, 5) is 41.7. The van der Waals surface area contributed by atoms with Crippen molar-refractivity contribution in [1.29, 1.82) is 0 Å². The molecule has 3 amide bonds. The molecule has 176 valence electrons. The number of fused-ring (bicyclic) bond motifs is 1. The number of hydrogen-bond acceptors (Lipinski definition) is 5.